The lowest BCUT2D eigenvalue weighted by molar-refractivity contribution is -0.142. The molecule has 3 amide bonds. The summed E-state index contributed by atoms with van der Waals surface area (Å²) in [7, 11) is 0. The van der Waals surface area contributed by atoms with E-state index in [2.05, 4.69) is 38.5 Å². The van der Waals surface area contributed by atoms with Crippen LogP contribution < -0.4 is 21.7 Å². The molecule has 0 fully saturated rings. The Labute approximate surface area is 195 Å². The number of carboxylic acid groups (broad SMARTS) is 2. The molecule has 14 heteroatoms. The summed E-state index contributed by atoms with van der Waals surface area (Å²) in [5.41, 5.74) is 6.05. The summed E-state index contributed by atoms with van der Waals surface area (Å²) in [5, 5.41) is 25.3. The minimum atomic E-state index is -1.39. The highest BCUT2D eigenvalue weighted by atomic mass is 32.1. The lowest BCUT2D eigenvalue weighted by Gasteiger charge is -2.24. The summed E-state index contributed by atoms with van der Waals surface area (Å²) in [6.45, 7) is 3.61. The van der Waals surface area contributed by atoms with E-state index < -0.39 is 60.2 Å². The first-order chi connectivity index (χ1) is 15.4. The fourth-order valence-corrected chi connectivity index (χ4v) is 3.07. The van der Waals surface area contributed by atoms with Gasteiger partial charge in [0.1, 0.15) is 18.1 Å². The number of rotatable bonds is 14. The van der Waals surface area contributed by atoms with Gasteiger partial charge in [-0.2, -0.15) is 12.6 Å². The van der Waals surface area contributed by atoms with Gasteiger partial charge in [-0.3, -0.25) is 19.2 Å². The van der Waals surface area contributed by atoms with Gasteiger partial charge in [-0.05, 0) is 12.3 Å². The van der Waals surface area contributed by atoms with Crippen molar-refractivity contribution < 1.29 is 34.2 Å². The maximum Gasteiger partial charge on any atom is 0.326 e. The van der Waals surface area contributed by atoms with Crippen LogP contribution in [0.1, 0.15) is 32.4 Å². The normalized spacial score (nSPS) is 14.6. The number of carbonyl (C=O) groups excluding carboxylic acids is 3. The van der Waals surface area contributed by atoms with Crippen molar-refractivity contribution in [1.82, 2.24) is 25.9 Å². The second-order valence-corrected chi connectivity index (χ2v) is 8.18. The van der Waals surface area contributed by atoms with E-state index in [0.29, 0.717) is 5.69 Å². The number of aromatic amines is 1. The summed E-state index contributed by atoms with van der Waals surface area (Å²) >= 11 is 4.06. The van der Waals surface area contributed by atoms with Gasteiger partial charge in [-0.15, -0.1) is 0 Å². The van der Waals surface area contributed by atoms with E-state index in [0.717, 1.165) is 0 Å². The fourth-order valence-electron chi connectivity index (χ4n) is 2.82. The van der Waals surface area contributed by atoms with Crippen molar-refractivity contribution in [3.63, 3.8) is 0 Å². The number of aromatic nitrogens is 2. The number of nitrogens with two attached hydrogens (primary N) is 1. The number of nitrogens with zero attached hydrogens (tertiary/aromatic N) is 1. The molecule has 0 aliphatic heterocycles. The SMILES string of the molecule is CC(C)CC(NC(=O)C(CS)NC(=O)C(Cc1cnc[nH]1)NC(=O)C(N)CC(=O)O)C(=O)O. The number of nitrogens with one attached hydrogen (secondary N) is 4. The van der Waals surface area contributed by atoms with Crippen LogP contribution in [0.5, 0.6) is 0 Å². The molecule has 0 aliphatic carbocycles. The van der Waals surface area contributed by atoms with Crippen LogP contribution in [0.3, 0.4) is 0 Å². The third kappa shape index (κ3) is 9.91. The Morgan fingerprint density at radius 1 is 1.03 bits per heavy atom. The van der Waals surface area contributed by atoms with E-state index in [1.165, 1.54) is 12.5 Å². The van der Waals surface area contributed by atoms with Gasteiger partial charge in [0.05, 0.1) is 18.8 Å². The summed E-state index contributed by atoms with van der Waals surface area (Å²) < 4.78 is 0. The molecule has 1 aromatic rings. The van der Waals surface area contributed by atoms with Crippen molar-refractivity contribution in [3.8, 4) is 0 Å². The van der Waals surface area contributed by atoms with Crippen molar-refractivity contribution in [1.29, 1.82) is 0 Å². The van der Waals surface area contributed by atoms with Gasteiger partial charge in [0, 0.05) is 24.1 Å². The molecule has 1 aromatic heterocycles. The monoisotopic (exact) mass is 486 g/mol. The summed E-state index contributed by atoms with van der Waals surface area (Å²) in [5.74, 6) is -5.03. The van der Waals surface area contributed by atoms with Crippen LogP contribution in [-0.4, -0.2) is 79.8 Å². The molecule has 0 radical (unpaired) electrons. The number of thiol groups is 1. The number of amides is 3. The predicted molar refractivity (Wildman–Crippen MR) is 119 cm³/mol. The van der Waals surface area contributed by atoms with Crippen molar-refractivity contribution in [3.05, 3.63) is 18.2 Å². The first kappa shape index (κ1) is 27.9. The van der Waals surface area contributed by atoms with Gasteiger partial charge in [0.2, 0.25) is 17.7 Å². The maximum atomic E-state index is 12.9. The van der Waals surface area contributed by atoms with Crippen molar-refractivity contribution in [2.75, 3.05) is 5.75 Å². The molecule has 0 saturated carbocycles. The van der Waals surface area contributed by atoms with Gasteiger partial charge in [-0.25, -0.2) is 9.78 Å². The van der Waals surface area contributed by atoms with Crippen LogP contribution in [-0.2, 0) is 30.4 Å². The zero-order chi connectivity index (χ0) is 25.1. The topological polar surface area (TPSA) is 217 Å². The number of hydrogen-bond acceptors (Lipinski definition) is 8. The van der Waals surface area contributed by atoms with E-state index in [4.69, 9.17) is 10.8 Å². The number of hydrogen-bond donors (Lipinski definition) is 8. The third-order valence-corrected chi connectivity index (χ3v) is 4.85. The van der Waals surface area contributed by atoms with E-state index >= 15 is 0 Å². The zero-order valence-electron chi connectivity index (χ0n) is 18.3. The van der Waals surface area contributed by atoms with Gasteiger partial charge in [-0.1, -0.05) is 13.8 Å². The van der Waals surface area contributed by atoms with Gasteiger partial charge in [0.15, 0.2) is 0 Å². The van der Waals surface area contributed by atoms with Crippen LogP contribution in [0.25, 0.3) is 0 Å². The first-order valence-electron chi connectivity index (χ1n) is 10.1. The van der Waals surface area contributed by atoms with E-state index in [1.54, 1.807) is 13.8 Å². The van der Waals surface area contributed by atoms with Gasteiger partial charge >= 0.3 is 11.9 Å². The molecule has 33 heavy (non-hydrogen) atoms. The highest BCUT2D eigenvalue weighted by Gasteiger charge is 2.30. The second kappa shape index (κ2) is 13.4. The molecule has 8 N–H and O–H groups in total. The van der Waals surface area contributed by atoms with Crippen LogP contribution in [0.15, 0.2) is 12.5 Å². The zero-order valence-corrected chi connectivity index (χ0v) is 19.2. The third-order valence-electron chi connectivity index (χ3n) is 4.48. The molecule has 0 aromatic carbocycles. The molecular formula is C19H30N6O7S. The summed E-state index contributed by atoms with van der Waals surface area (Å²) in [6.07, 6.45) is 2.29. The average molecular weight is 487 g/mol. The van der Waals surface area contributed by atoms with E-state index in [1.807, 2.05) is 0 Å². The molecule has 0 saturated heterocycles. The Balaban J connectivity index is 2.93. The Morgan fingerprint density at radius 3 is 2.09 bits per heavy atom. The molecule has 1 heterocycles. The van der Waals surface area contributed by atoms with Gasteiger partial charge in [0.25, 0.3) is 0 Å². The number of aliphatic carboxylic acids is 2. The molecular weight excluding hydrogens is 456 g/mol. The Kier molecular flexibility index (Phi) is 11.4. The Morgan fingerprint density at radius 2 is 1.61 bits per heavy atom. The number of H-pyrrole nitrogens is 1. The van der Waals surface area contributed by atoms with Crippen molar-refractivity contribution in [2.24, 2.45) is 11.7 Å². The first-order valence-corrected chi connectivity index (χ1v) is 10.8. The molecule has 0 spiro atoms. The number of imidazole rings is 1. The van der Waals surface area contributed by atoms with E-state index in [-0.39, 0.29) is 24.5 Å². The highest BCUT2D eigenvalue weighted by molar-refractivity contribution is 7.80. The molecule has 0 bridgehead atoms. The fraction of sp³-hybridized carbons (Fsp3) is 0.579. The molecule has 4 atom stereocenters. The standard InChI is InChI=1S/C19H30N6O7S/c1-9(2)3-13(19(31)32)24-18(30)14(7-33)25-17(29)12(4-10-6-21-8-22-10)23-16(28)11(20)5-15(26)27/h6,8-9,11-14,33H,3-5,7,20H2,1-2H3,(H,21,22)(H,23,28)(H,24,30)(H,25,29)(H,26,27)(H,31,32). The van der Waals surface area contributed by atoms with Crippen molar-refractivity contribution in [2.45, 2.75) is 57.3 Å². The number of carboxylic acids is 2. The lowest BCUT2D eigenvalue weighted by Crippen LogP contribution is -2.58. The van der Waals surface area contributed by atoms with E-state index in [9.17, 15) is 29.1 Å². The van der Waals surface area contributed by atoms with Crippen molar-refractivity contribution >= 4 is 42.3 Å². The molecule has 4 unspecified atom stereocenters. The quantitative estimate of drug-likeness (QED) is 0.140. The maximum absolute atomic E-state index is 12.9. The molecule has 13 nitrogen and oxygen atoms in total. The predicted octanol–water partition coefficient (Wildman–Crippen LogP) is -1.73. The average Bonchev–Trinajstić information content (AvgIpc) is 3.22. The number of carbonyl (C=O) groups is 5. The van der Waals surface area contributed by atoms with Crippen LogP contribution in [0.2, 0.25) is 0 Å². The Bertz CT molecular complexity index is 833. The lowest BCUT2D eigenvalue weighted by atomic mass is 10.0. The minimum Gasteiger partial charge on any atom is -0.481 e. The molecule has 184 valence electrons. The second-order valence-electron chi connectivity index (χ2n) is 7.82. The smallest absolute Gasteiger partial charge is 0.326 e. The van der Waals surface area contributed by atoms with Crippen LogP contribution >= 0.6 is 12.6 Å². The summed E-state index contributed by atoms with van der Waals surface area (Å²) in [4.78, 5) is 66.5. The van der Waals surface area contributed by atoms with Gasteiger partial charge < -0.3 is 36.9 Å². The minimum absolute atomic E-state index is 0.000508. The van der Waals surface area contributed by atoms with Crippen LogP contribution in [0.4, 0.5) is 0 Å². The molecule has 0 aliphatic rings. The Hall–Kier alpha value is -3.13. The molecule has 1 rings (SSSR count). The largest absolute Gasteiger partial charge is 0.481 e. The summed E-state index contributed by atoms with van der Waals surface area (Å²) in [6, 6.07) is -4.95. The highest BCUT2D eigenvalue weighted by Crippen LogP contribution is 2.06. The van der Waals surface area contributed by atoms with Crippen LogP contribution in [0, 0.1) is 5.92 Å².